The summed E-state index contributed by atoms with van der Waals surface area (Å²) >= 11 is 0. The molecule has 0 spiro atoms. The van der Waals surface area contributed by atoms with E-state index in [1.54, 1.807) is 0 Å². The highest BCUT2D eigenvalue weighted by Gasteiger charge is 2.25. The molecular weight excluding hydrogens is 248 g/mol. The summed E-state index contributed by atoms with van der Waals surface area (Å²) in [4.78, 5) is 0. The Balaban J connectivity index is 0.00000128. The third kappa shape index (κ3) is 4.20. The fraction of sp³-hybridized carbons (Fsp3) is 1.00. The highest BCUT2D eigenvalue weighted by molar-refractivity contribution is 7.89. The van der Waals surface area contributed by atoms with Gasteiger partial charge in [-0.25, -0.2) is 13.1 Å². The highest BCUT2D eigenvalue weighted by atomic mass is 35.5. The van der Waals surface area contributed by atoms with E-state index in [1.165, 1.54) is 12.8 Å². The Labute approximate surface area is 104 Å². The van der Waals surface area contributed by atoms with Crippen molar-refractivity contribution in [2.75, 3.05) is 18.8 Å². The van der Waals surface area contributed by atoms with Crippen LogP contribution < -0.4 is 10.0 Å². The Morgan fingerprint density at radius 1 is 1.19 bits per heavy atom. The maximum atomic E-state index is 11.8. The van der Waals surface area contributed by atoms with Gasteiger partial charge < -0.3 is 5.32 Å². The van der Waals surface area contributed by atoms with Crippen LogP contribution in [-0.4, -0.2) is 33.3 Å². The summed E-state index contributed by atoms with van der Waals surface area (Å²) in [5.41, 5.74) is 0. The molecular formula is C10H21ClN2O2S. The van der Waals surface area contributed by atoms with E-state index in [0.717, 1.165) is 32.4 Å². The van der Waals surface area contributed by atoms with Crippen LogP contribution in [0.5, 0.6) is 0 Å². The molecule has 1 saturated heterocycles. The third-order valence-electron chi connectivity index (χ3n) is 3.34. The molecule has 6 heteroatoms. The number of halogens is 1. The predicted molar refractivity (Wildman–Crippen MR) is 67.4 cm³/mol. The lowest BCUT2D eigenvalue weighted by Gasteiger charge is -2.14. The Morgan fingerprint density at radius 3 is 2.44 bits per heavy atom. The van der Waals surface area contributed by atoms with Crippen LogP contribution in [0.2, 0.25) is 0 Å². The quantitative estimate of drug-likeness (QED) is 0.796. The molecule has 96 valence electrons. The summed E-state index contributed by atoms with van der Waals surface area (Å²) in [6, 6.07) is 0.122. The lowest BCUT2D eigenvalue weighted by molar-refractivity contribution is 0.533. The van der Waals surface area contributed by atoms with Crippen LogP contribution in [0.1, 0.15) is 32.1 Å². The molecule has 2 rings (SSSR count). The largest absolute Gasteiger partial charge is 0.315 e. The van der Waals surface area contributed by atoms with E-state index in [1.807, 2.05) is 0 Å². The first kappa shape index (κ1) is 14.2. The lowest BCUT2D eigenvalue weighted by Crippen LogP contribution is -2.38. The molecule has 4 nitrogen and oxygen atoms in total. The van der Waals surface area contributed by atoms with E-state index in [-0.39, 0.29) is 18.4 Å². The average Bonchev–Trinajstić information content (AvgIpc) is 2.75. The topological polar surface area (TPSA) is 58.2 Å². The van der Waals surface area contributed by atoms with Crippen LogP contribution in [0.15, 0.2) is 0 Å². The fourth-order valence-corrected chi connectivity index (χ4v) is 4.30. The van der Waals surface area contributed by atoms with Crippen molar-refractivity contribution in [1.82, 2.24) is 10.0 Å². The van der Waals surface area contributed by atoms with Gasteiger partial charge in [0.25, 0.3) is 0 Å². The molecule has 0 bridgehead atoms. The van der Waals surface area contributed by atoms with Crippen molar-refractivity contribution in [2.45, 2.75) is 38.1 Å². The molecule has 0 aromatic rings. The number of sulfonamides is 1. The Kier molecular flexibility index (Phi) is 5.50. The Morgan fingerprint density at radius 2 is 1.88 bits per heavy atom. The van der Waals surface area contributed by atoms with Gasteiger partial charge in [-0.3, -0.25) is 0 Å². The van der Waals surface area contributed by atoms with Crippen LogP contribution in [0, 0.1) is 5.92 Å². The predicted octanol–water partition coefficient (Wildman–Crippen LogP) is 0.880. The minimum absolute atomic E-state index is 0. The van der Waals surface area contributed by atoms with Crippen molar-refractivity contribution in [3.63, 3.8) is 0 Å². The second-order valence-electron chi connectivity index (χ2n) is 4.74. The number of hydrogen-bond donors (Lipinski definition) is 2. The standard InChI is InChI=1S/C10H20N2O2S.ClH/c13-15(14,8-9-3-1-2-4-9)12-10-5-6-11-7-10;/h9-12H,1-8H2;1H. The molecule has 0 amide bonds. The van der Waals surface area contributed by atoms with Gasteiger partial charge in [0.05, 0.1) is 5.75 Å². The smallest absolute Gasteiger partial charge is 0.212 e. The van der Waals surface area contributed by atoms with Gasteiger partial charge in [0.1, 0.15) is 0 Å². The summed E-state index contributed by atoms with van der Waals surface area (Å²) in [6.45, 7) is 1.71. The molecule has 0 radical (unpaired) electrons. The fourth-order valence-electron chi connectivity index (χ4n) is 2.54. The zero-order valence-electron chi connectivity index (χ0n) is 9.44. The zero-order chi connectivity index (χ0) is 10.7. The van der Waals surface area contributed by atoms with Crippen molar-refractivity contribution in [3.05, 3.63) is 0 Å². The normalized spacial score (nSPS) is 26.9. The molecule has 1 aliphatic heterocycles. The zero-order valence-corrected chi connectivity index (χ0v) is 11.1. The van der Waals surface area contributed by atoms with Crippen LogP contribution in [0.25, 0.3) is 0 Å². The van der Waals surface area contributed by atoms with E-state index >= 15 is 0 Å². The summed E-state index contributed by atoms with van der Waals surface area (Å²) in [6.07, 6.45) is 5.49. The minimum Gasteiger partial charge on any atom is -0.315 e. The van der Waals surface area contributed by atoms with E-state index in [4.69, 9.17) is 0 Å². The first-order chi connectivity index (χ1) is 7.16. The van der Waals surface area contributed by atoms with Gasteiger partial charge in [0.15, 0.2) is 0 Å². The van der Waals surface area contributed by atoms with Crippen molar-refractivity contribution in [2.24, 2.45) is 5.92 Å². The van der Waals surface area contributed by atoms with Gasteiger partial charge in [-0.2, -0.15) is 0 Å². The Hall–Kier alpha value is 0.160. The van der Waals surface area contributed by atoms with Gasteiger partial charge in [0, 0.05) is 12.6 Å². The maximum absolute atomic E-state index is 11.8. The van der Waals surface area contributed by atoms with Crippen molar-refractivity contribution in [3.8, 4) is 0 Å². The van der Waals surface area contributed by atoms with Crippen LogP contribution in [0.3, 0.4) is 0 Å². The molecule has 2 aliphatic rings. The number of nitrogens with one attached hydrogen (secondary N) is 2. The van der Waals surface area contributed by atoms with Crippen molar-refractivity contribution in [1.29, 1.82) is 0 Å². The molecule has 1 unspecified atom stereocenters. The third-order valence-corrected chi connectivity index (χ3v) is 4.94. The highest BCUT2D eigenvalue weighted by Crippen LogP contribution is 2.25. The summed E-state index contributed by atoms with van der Waals surface area (Å²) in [7, 11) is -3.04. The first-order valence-corrected chi connectivity index (χ1v) is 7.52. The van der Waals surface area contributed by atoms with Gasteiger partial charge in [-0.15, -0.1) is 12.4 Å². The van der Waals surface area contributed by atoms with E-state index in [9.17, 15) is 8.42 Å². The molecule has 1 aliphatic carbocycles. The molecule has 1 saturated carbocycles. The second-order valence-corrected chi connectivity index (χ2v) is 6.54. The second kappa shape index (κ2) is 6.19. The molecule has 0 aromatic heterocycles. The van der Waals surface area contributed by atoms with E-state index in [2.05, 4.69) is 10.0 Å². The van der Waals surface area contributed by atoms with Gasteiger partial charge in [0.2, 0.25) is 10.0 Å². The maximum Gasteiger partial charge on any atom is 0.212 e. The van der Waals surface area contributed by atoms with E-state index in [0.29, 0.717) is 11.7 Å². The van der Waals surface area contributed by atoms with Crippen molar-refractivity contribution < 1.29 is 8.42 Å². The average molecular weight is 269 g/mol. The minimum atomic E-state index is -3.04. The van der Waals surface area contributed by atoms with Gasteiger partial charge in [-0.1, -0.05) is 12.8 Å². The van der Waals surface area contributed by atoms with E-state index < -0.39 is 10.0 Å². The lowest BCUT2D eigenvalue weighted by atomic mass is 10.1. The molecule has 2 N–H and O–H groups in total. The summed E-state index contributed by atoms with van der Waals surface area (Å²) < 4.78 is 26.4. The van der Waals surface area contributed by atoms with Crippen molar-refractivity contribution >= 4 is 22.4 Å². The number of hydrogen-bond acceptors (Lipinski definition) is 3. The molecule has 1 heterocycles. The van der Waals surface area contributed by atoms with Crippen LogP contribution in [-0.2, 0) is 10.0 Å². The van der Waals surface area contributed by atoms with Crippen LogP contribution in [0.4, 0.5) is 0 Å². The first-order valence-electron chi connectivity index (χ1n) is 5.86. The molecule has 0 aromatic carbocycles. The summed E-state index contributed by atoms with van der Waals surface area (Å²) in [5, 5.41) is 3.16. The van der Waals surface area contributed by atoms with Crippen LogP contribution >= 0.6 is 12.4 Å². The number of rotatable bonds is 4. The molecule has 1 atom stereocenters. The van der Waals surface area contributed by atoms with Gasteiger partial charge >= 0.3 is 0 Å². The molecule has 2 fully saturated rings. The Bertz CT molecular complexity index is 272. The molecule has 16 heavy (non-hydrogen) atoms. The van der Waals surface area contributed by atoms with Gasteiger partial charge in [-0.05, 0) is 31.7 Å². The SMILES string of the molecule is Cl.O=S(=O)(CC1CCCC1)NC1CCNC1. The monoisotopic (exact) mass is 268 g/mol. The summed E-state index contributed by atoms with van der Waals surface area (Å²) in [5.74, 6) is 0.737.